The zero-order valence-corrected chi connectivity index (χ0v) is 20.5. The van der Waals surface area contributed by atoms with E-state index < -0.39 is 5.97 Å². The number of nitrogens with zero attached hydrogens (tertiary/aromatic N) is 1. The molecule has 5 nitrogen and oxygen atoms in total. The van der Waals surface area contributed by atoms with Gasteiger partial charge >= 0.3 is 5.97 Å². The molecular weight excluding hydrogens is 460 g/mol. The number of aliphatic carboxylic acids is 1. The lowest BCUT2D eigenvalue weighted by molar-refractivity contribution is -0.131. The van der Waals surface area contributed by atoms with Crippen molar-refractivity contribution >= 4 is 28.9 Å². The van der Waals surface area contributed by atoms with Gasteiger partial charge in [0.2, 0.25) is 0 Å². The van der Waals surface area contributed by atoms with Gasteiger partial charge in [-0.25, -0.2) is 4.79 Å². The van der Waals surface area contributed by atoms with E-state index >= 15 is 0 Å². The molecule has 0 saturated heterocycles. The Labute approximate surface area is 212 Å². The molecule has 4 rings (SSSR count). The van der Waals surface area contributed by atoms with E-state index in [4.69, 9.17) is 21.4 Å². The number of carbonyl (C=O) groups is 1. The third-order valence-corrected chi connectivity index (χ3v) is 6.33. The Balaban J connectivity index is 1.45. The van der Waals surface area contributed by atoms with Crippen LogP contribution in [0, 0.1) is 0 Å². The number of hydrogen-bond acceptors (Lipinski definition) is 4. The fourth-order valence-corrected chi connectivity index (χ4v) is 4.53. The van der Waals surface area contributed by atoms with E-state index in [9.17, 15) is 4.79 Å². The van der Waals surface area contributed by atoms with Crippen LogP contribution in [0.2, 0.25) is 5.02 Å². The normalized spacial score (nSPS) is 12.8. The first kappa shape index (κ1) is 24.8. The molecule has 0 atom stereocenters. The summed E-state index contributed by atoms with van der Waals surface area (Å²) in [4.78, 5) is 12.9. The molecule has 1 aliphatic heterocycles. The Bertz CT molecular complexity index is 1160. The average molecular weight is 491 g/mol. The molecule has 182 valence electrons. The Morgan fingerprint density at radius 1 is 1.00 bits per heavy atom. The number of carboxylic acids is 1. The van der Waals surface area contributed by atoms with Crippen molar-refractivity contribution in [1.82, 2.24) is 5.32 Å². The molecule has 0 aromatic heterocycles. The van der Waals surface area contributed by atoms with E-state index in [1.165, 1.54) is 28.6 Å². The quantitative estimate of drug-likeness (QED) is 0.249. The topological polar surface area (TPSA) is 61.8 Å². The number of ether oxygens (including phenoxy) is 1. The molecule has 0 amide bonds. The lowest BCUT2D eigenvalue weighted by Crippen LogP contribution is -2.22. The monoisotopic (exact) mass is 490 g/mol. The van der Waals surface area contributed by atoms with Gasteiger partial charge in [0.15, 0.2) is 0 Å². The Kier molecular flexibility index (Phi) is 8.82. The summed E-state index contributed by atoms with van der Waals surface area (Å²) in [5, 5.41) is 12.7. The number of unbranched alkanes of at least 4 members (excludes halogenated alkanes) is 1. The zero-order chi connectivity index (χ0) is 24.5. The van der Waals surface area contributed by atoms with Gasteiger partial charge < -0.3 is 20.1 Å². The van der Waals surface area contributed by atoms with Gasteiger partial charge in [-0.05, 0) is 79.3 Å². The highest BCUT2D eigenvalue weighted by Crippen LogP contribution is 2.39. The third kappa shape index (κ3) is 7.10. The highest BCUT2D eigenvalue weighted by molar-refractivity contribution is 6.30. The van der Waals surface area contributed by atoms with Crippen molar-refractivity contribution in [3.8, 4) is 5.75 Å². The van der Waals surface area contributed by atoms with Crippen molar-refractivity contribution in [1.29, 1.82) is 0 Å². The summed E-state index contributed by atoms with van der Waals surface area (Å²) >= 11 is 6.40. The molecule has 3 aromatic carbocycles. The summed E-state index contributed by atoms with van der Waals surface area (Å²) in [5.41, 5.74) is 6.11. The SMILES string of the molecule is O=C(O)/C=C/CNCCCCN1c2ccc(OCc3ccccc3)cc2CCc2ccc(Cl)cc21. The molecule has 0 bridgehead atoms. The smallest absolute Gasteiger partial charge is 0.328 e. The second kappa shape index (κ2) is 12.4. The molecular formula is C29H31ClN2O3. The lowest BCUT2D eigenvalue weighted by atomic mass is 10.0. The van der Waals surface area contributed by atoms with Gasteiger partial charge in [0.25, 0.3) is 0 Å². The minimum atomic E-state index is -0.919. The minimum Gasteiger partial charge on any atom is -0.489 e. The first-order valence-corrected chi connectivity index (χ1v) is 12.4. The van der Waals surface area contributed by atoms with E-state index in [-0.39, 0.29) is 0 Å². The number of carboxylic acid groups (broad SMARTS) is 1. The predicted octanol–water partition coefficient (Wildman–Crippen LogP) is 6.17. The molecule has 0 aliphatic carbocycles. The summed E-state index contributed by atoms with van der Waals surface area (Å²) in [5.74, 6) is -0.0345. The van der Waals surface area contributed by atoms with Crippen LogP contribution >= 0.6 is 11.6 Å². The summed E-state index contributed by atoms with van der Waals surface area (Å²) in [6.45, 7) is 2.81. The van der Waals surface area contributed by atoms with Crippen LogP contribution in [0.1, 0.15) is 29.5 Å². The van der Waals surface area contributed by atoms with Gasteiger partial charge in [-0.2, -0.15) is 0 Å². The lowest BCUT2D eigenvalue weighted by Gasteiger charge is -2.27. The molecule has 1 aliphatic rings. The molecule has 35 heavy (non-hydrogen) atoms. The molecule has 0 spiro atoms. The van der Waals surface area contributed by atoms with E-state index in [0.29, 0.717) is 13.2 Å². The Morgan fingerprint density at radius 2 is 1.83 bits per heavy atom. The third-order valence-electron chi connectivity index (χ3n) is 6.10. The van der Waals surface area contributed by atoms with Gasteiger partial charge in [-0.1, -0.05) is 54.1 Å². The van der Waals surface area contributed by atoms with Crippen molar-refractivity contribution in [2.75, 3.05) is 24.5 Å². The van der Waals surface area contributed by atoms with Crippen molar-refractivity contribution in [2.45, 2.75) is 32.3 Å². The summed E-state index contributed by atoms with van der Waals surface area (Å²) in [7, 11) is 0. The summed E-state index contributed by atoms with van der Waals surface area (Å²) in [6, 6.07) is 22.8. The van der Waals surface area contributed by atoms with Crippen LogP contribution in [-0.4, -0.2) is 30.7 Å². The molecule has 0 unspecified atom stereocenters. The summed E-state index contributed by atoms with van der Waals surface area (Å²) < 4.78 is 6.10. The number of aryl methyl sites for hydroxylation is 2. The Morgan fingerprint density at radius 3 is 2.66 bits per heavy atom. The van der Waals surface area contributed by atoms with Gasteiger partial charge in [0.1, 0.15) is 12.4 Å². The van der Waals surface area contributed by atoms with Crippen LogP contribution in [0.4, 0.5) is 11.4 Å². The van der Waals surface area contributed by atoms with Crippen LogP contribution in [0.3, 0.4) is 0 Å². The number of benzene rings is 3. The van der Waals surface area contributed by atoms with Crippen LogP contribution in [-0.2, 0) is 24.2 Å². The molecule has 6 heteroatoms. The van der Waals surface area contributed by atoms with Crippen molar-refractivity contribution in [3.63, 3.8) is 0 Å². The minimum absolute atomic E-state index is 0.549. The average Bonchev–Trinajstić information content (AvgIpc) is 3.01. The van der Waals surface area contributed by atoms with E-state index in [1.807, 2.05) is 24.3 Å². The highest BCUT2D eigenvalue weighted by Gasteiger charge is 2.21. The summed E-state index contributed by atoms with van der Waals surface area (Å²) in [6.07, 6.45) is 6.67. The van der Waals surface area contributed by atoms with E-state index in [0.717, 1.165) is 55.1 Å². The van der Waals surface area contributed by atoms with E-state index in [1.54, 1.807) is 6.08 Å². The maximum atomic E-state index is 10.5. The van der Waals surface area contributed by atoms with Gasteiger partial charge in [-0.15, -0.1) is 0 Å². The van der Waals surface area contributed by atoms with Crippen LogP contribution in [0.5, 0.6) is 5.75 Å². The van der Waals surface area contributed by atoms with Gasteiger partial charge in [0, 0.05) is 35.6 Å². The second-order valence-corrected chi connectivity index (χ2v) is 9.08. The molecule has 1 heterocycles. The van der Waals surface area contributed by atoms with Crippen LogP contribution in [0.15, 0.2) is 78.9 Å². The zero-order valence-electron chi connectivity index (χ0n) is 19.8. The van der Waals surface area contributed by atoms with Crippen LogP contribution in [0.25, 0.3) is 0 Å². The maximum Gasteiger partial charge on any atom is 0.328 e. The van der Waals surface area contributed by atoms with Crippen molar-refractivity contribution in [2.24, 2.45) is 0 Å². The van der Waals surface area contributed by atoms with Crippen LogP contribution < -0.4 is 15.0 Å². The van der Waals surface area contributed by atoms with E-state index in [2.05, 4.69) is 52.7 Å². The first-order valence-electron chi connectivity index (χ1n) is 12.1. The fraction of sp³-hybridized carbons (Fsp3) is 0.276. The Hall–Kier alpha value is -3.28. The van der Waals surface area contributed by atoms with Crippen molar-refractivity contribution in [3.05, 3.63) is 101 Å². The van der Waals surface area contributed by atoms with Gasteiger partial charge in [-0.3, -0.25) is 0 Å². The molecule has 0 saturated carbocycles. The predicted molar refractivity (Wildman–Crippen MR) is 142 cm³/mol. The second-order valence-electron chi connectivity index (χ2n) is 8.64. The highest BCUT2D eigenvalue weighted by atomic mass is 35.5. The molecule has 3 aromatic rings. The largest absolute Gasteiger partial charge is 0.489 e. The standard InChI is InChI=1S/C29H31ClN2O3/c30-25-13-12-23-10-11-24-19-26(35-21-22-7-2-1-3-8-22)14-15-27(24)32(28(23)20-25)18-5-4-16-31-17-6-9-29(33)34/h1-3,6-9,12-15,19-20,31H,4-5,10-11,16-18,21H2,(H,33,34)/b9-6+. The number of anilines is 2. The van der Waals surface area contributed by atoms with Gasteiger partial charge in [0.05, 0.1) is 0 Å². The molecule has 2 N–H and O–H groups in total. The number of fused-ring (bicyclic) bond motifs is 2. The fourth-order valence-electron chi connectivity index (χ4n) is 4.36. The number of rotatable bonds is 11. The number of hydrogen-bond donors (Lipinski definition) is 2. The molecule has 0 radical (unpaired) electrons. The number of halogens is 1. The maximum absolute atomic E-state index is 10.5. The molecule has 0 fully saturated rings. The van der Waals surface area contributed by atoms with Crippen molar-refractivity contribution < 1.29 is 14.6 Å². The number of nitrogens with one attached hydrogen (secondary N) is 1. The first-order chi connectivity index (χ1) is 17.1.